The Labute approximate surface area is 213 Å². The second-order valence-corrected chi connectivity index (χ2v) is 14.6. The number of aromatic nitrogens is 2. The Morgan fingerprint density at radius 3 is 2.14 bits per heavy atom. The lowest BCUT2D eigenvalue weighted by atomic mass is 10.2. The van der Waals surface area contributed by atoms with E-state index in [4.69, 9.17) is 13.9 Å². The van der Waals surface area contributed by atoms with Gasteiger partial charge in [0.15, 0.2) is 0 Å². The standard InChI is InChI=1S/C28H36N2O5Si/c1-6-33-23-17-25(30-18-20(2)26(31)29-27(30)32)35-24(23)19-34-36(28(3,4)5,21-13-9-7-10-14-21)22-15-11-8-12-16-22/h7-16,18,23-25H,6,17,19H2,1-5H3,(H,29,31,32)/t23?,24-,25-/m1/s1. The van der Waals surface area contributed by atoms with Gasteiger partial charge in [0.05, 0.1) is 12.7 Å². The number of hydrogen-bond acceptors (Lipinski definition) is 5. The van der Waals surface area contributed by atoms with E-state index in [1.807, 2.05) is 19.1 Å². The van der Waals surface area contributed by atoms with Crippen molar-refractivity contribution in [1.82, 2.24) is 9.55 Å². The minimum absolute atomic E-state index is 0.165. The van der Waals surface area contributed by atoms with Gasteiger partial charge in [-0.2, -0.15) is 0 Å². The van der Waals surface area contributed by atoms with Crippen LogP contribution in [-0.4, -0.2) is 43.3 Å². The fourth-order valence-electron chi connectivity index (χ4n) is 5.18. The van der Waals surface area contributed by atoms with Crippen LogP contribution in [0.1, 0.15) is 45.9 Å². The van der Waals surface area contributed by atoms with Crippen LogP contribution in [0.25, 0.3) is 0 Å². The Morgan fingerprint density at radius 1 is 1.03 bits per heavy atom. The van der Waals surface area contributed by atoms with Gasteiger partial charge in [-0.15, -0.1) is 0 Å². The first-order valence-electron chi connectivity index (χ1n) is 12.5. The summed E-state index contributed by atoms with van der Waals surface area (Å²) in [7, 11) is -2.75. The molecule has 3 atom stereocenters. The van der Waals surface area contributed by atoms with Crippen molar-refractivity contribution >= 4 is 18.7 Å². The Balaban J connectivity index is 1.69. The summed E-state index contributed by atoms with van der Waals surface area (Å²) in [6, 6.07) is 20.9. The van der Waals surface area contributed by atoms with Gasteiger partial charge >= 0.3 is 5.69 Å². The number of aromatic amines is 1. The first kappa shape index (κ1) is 26.3. The lowest BCUT2D eigenvalue weighted by Crippen LogP contribution is -2.67. The van der Waals surface area contributed by atoms with E-state index in [0.29, 0.717) is 25.2 Å². The average molecular weight is 509 g/mol. The number of rotatable bonds is 8. The maximum atomic E-state index is 12.5. The molecule has 4 rings (SSSR count). The Bertz CT molecular complexity index is 1230. The molecule has 8 heteroatoms. The number of H-pyrrole nitrogens is 1. The third kappa shape index (κ3) is 5.04. The van der Waals surface area contributed by atoms with E-state index in [-0.39, 0.29) is 22.8 Å². The fraction of sp³-hybridized carbons (Fsp3) is 0.429. The summed E-state index contributed by atoms with van der Waals surface area (Å²) >= 11 is 0. The monoisotopic (exact) mass is 508 g/mol. The molecule has 36 heavy (non-hydrogen) atoms. The number of aryl methyl sites for hydroxylation is 1. The molecule has 0 aliphatic carbocycles. The van der Waals surface area contributed by atoms with Crippen molar-refractivity contribution in [2.45, 2.75) is 64.5 Å². The van der Waals surface area contributed by atoms with Crippen molar-refractivity contribution in [2.24, 2.45) is 0 Å². The van der Waals surface area contributed by atoms with Crippen LogP contribution in [0.2, 0.25) is 5.04 Å². The SMILES string of the molecule is CCOC1C[C@H](n2cc(C)c(=O)[nH]c2=O)O[C@@H]1CO[Si](c1ccccc1)(c1ccccc1)C(C)(C)C. The molecule has 0 saturated carbocycles. The van der Waals surface area contributed by atoms with Gasteiger partial charge in [0.2, 0.25) is 0 Å². The molecule has 192 valence electrons. The molecule has 1 fully saturated rings. The lowest BCUT2D eigenvalue weighted by Gasteiger charge is -2.43. The van der Waals surface area contributed by atoms with E-state index in [1.165, 1.54) is 14.9 Å². The van der Waals surface area contributed by atoms with Crippen LogP contribution in [0.3, 0.4) is 0 Å². The zero-order valence-electron chi connectivity index (χ0n) is 21.7. The quantitative estimate of drug-likeness (QED) is 0.473. The molecule has 0 bridgehead atoms. The van der Waals surface area contributed by atoms with Gasteiger partial charge in [0.1, 0.15) is 12.3 Å². The third-order valence-electron chi connectivity index (χ3n) is 6.90. The van der Waals surface area contributed by atoms with E-state index in [9.17, 15) is 9.59 Å². The Kier molecular flexibility index (Phi) is 7.80. The fourth-order valence-corrected chi connectivity index (χ4v) is 9.75. The Hall–Kier alpha value is -2.78. The van der Waals surface area contributed by atoms with Gasteiger partial charge in [0.25, 0.3) is 13.9 Å². The van der Waals surface area contributed by atoms with Crippen molar-refractivity contribution < 1.29 is 13.9 Å². The second kappa shape index (κ2) is 10.7. The molecular formula is C28H36N2O5Si. The van der Waals surface area contributed by atoms with E-state index in [2.05, 4.69) is 74.3 Å². The summed E-state index contributed by atoms with van der Waals surface area (Å²) in [4.78, 5) is 26.8. The summed E-state index contributed by atoms with van der Waals surface area (Å²) in [5, 5.41) is 2.22. The molecular weight excluding hydrogens is 472 g/mol. The summed E-state index contributed by atoms with van der Waals surface area (Å²) in [5.41, 5.74) is -0.417. The highest BCUT2D eigenvalue weighted by Crippen LogP contribution is 2.38. The number of ether oxygens (including phenoxy) is 2. The normalized spacial score (nSPS) is 20.5. The number of benzene rings is 2. The predicted octanol–water partition coefficient (Wildman–Crippen LogP) is 3.11. The molecule has 2 heterocycles. The highest BCUT2D eigenvalue weighted by atomic mass is 28.4. The van der Waals surface area contributed by atoms with Gasteiger partial charge < -0.3 is 13.9 Å². The molecule has 0 amide bonds. The molecule has 1 saturated heterocycles. The van der Waals surface area contributed by atoms with Crippen LogP contribution in [0.15, 0.2) is 76.4 Å². The van der Waals surface area contributed by atoms with Gasteiger partial charge in [-0.25, -0.2) is 4.79 Å². The van der Waals surface area contributed by atoms with E-state index in [0.717, 1.165) is 0 Å². The Morgan fingerprint density at radius 2 is 1.61 bits per heavy atom. The maximum absolute atomic E-state index is 12.5. The van der Waals surface area contributed by atoms with Gasteiger partial charge in [-0.3, -0.25) is 14.3 Å². The highest BCUT2D eigenvalue weighted by Gasteiger charge is 2.51. The molecule has 7 nitrogen and oxygen atoms in total. The molecule has 3 aromatic rings. The molecule has 1 aliphatic heterocycles. The van der Waals surface area contributed by atoms with Gasteiger partial charge in [-0.05, 0) is 29.3 Å². The lowest BCUT2D eigenvalue weighted by molar-refractivity contribution is -0.0573. The minimum atomic E-state index is -2.75. The van der Waals surface area contributed by atoms with E-state index < -0.39 is 20.2 Å². The molecule has 0 spiro atoms. The van der Waals surface area contributed by atoms with Crippen molar-refractivity contribution in [2.75, 3.05) is 13.2 Å². The topological polar surface area (TPSA) is 82.6 Å². The average Bonchev–Trinajstić information content (AvgIpc) is 3.25. The molecule has 1 aromatic heterocycles. The summed E-state index contributed by atoms with van der Waals surface area (Å²) < 4.78 is 21.0. The number of hydrogen-bond donors (Lipinski definition) is 1. The number of nitrogens with one attached hydrogen (secondary N) is 1. The molecule has 1 aliphatic rings. The van der Waals surface area contributed by atoms with Crippen molar-refractivity contribution in [3.05, 3.63) is 93.3 Å². The zero-order valence-corrected chi connectivity index (χ0v) is 22.7. The van der Waals surface area contributed by atoms with E-state index >= 15 is 0 Å². The van der Waals surface area contributed by atoms with Crippen LogP contribution in [-0.2, 0) is 13.9 Å². The highest BCUT2D eigenvalue weighted by molar-refractivity contribution is 6.99. The van der Waals surface area contributed by atoms with Gasteiger partial charge in [-0.1, -0.05) is 81.4 Å². The van der Waals surface area contributed by atoms with Crippen LogP contribution in [0.5, 0.6) is 0 Å². The second-order valence-electron chi connectivity index (χ2n) is 10.3. The first-order chi connectivity index (χ1) is 17.2. The largest absolute Gasteiger partial charge is 0.405 e. The van der Waals surface area contributed by atoms with Crippen LogP contribution < -0.4 is 21.6 Å². The summed E-state index contributed by atoms with van der Waals surface area (Å²) in [6.45, 7) is 11.2. The predicted molar refractivity (Wildman–Crippen MR) is 144 cm³/mol. The first-order valence-corrected chi connectivity index (χ1v) is 14.4. The van der Waals surface area contributed by atoms with Crippen molar-refractivity contribution in [3.8, 4) is 0 Å². The van der Waals surface area contributed by atoms with Crippen molar-refractivity contribution in [3.63, 3.8) is 0 Å². The maximum Gasteiger partial charge on any atom is 0.330 e. The molecule has 1 unspecified atom stereocenters. The third-order valence-corrected chi connectivity index (χ3v) is 11.9. The number of nitrogens with zero attached hydrogens (tertiary/aromatic N) is 1. The minimum Gasteiger partial charge on any atom is -0.405 e. The summed E-state index contributed by atoms with van der Waals surface area (Å²) in [6.07, 6.45) is 0.902. The molecule has 1 N–H and O–H groups in total. The van der Waals surface area contributed by atoms with Gasteiger partial charge in [0, 0.05) is 24.8 Å². The molecule has 2 aromatic carbocycles. The summed E-state index contributed by atoms with van der Waals surface area (Å²) in [5.74, 6) is 0. The van der Waals surface area contributed by atoms with Crippen LogP contribution in [0.4, 0.5) is 0 Å². The zero-order chi connectivity index (χ0) is 25.9. The van der Waals surface area contributed by atoms with Crippen LogP contribution in [0, 0.1) is 6.92 Å². The van der Waals surface area contributed by atoms with Crippen molar-refractivity contribution in [1.29, 1.82) is 0 Å². The van der Waals surface area contributed by atoms with Crippen LogP contribution >= 0.6 is 0 Å². The van der Waals surface area contributed by atoms with E-state index in [1.54, 1.807) is 13.1 Å². The smallest absolute Gasteiger partial charge is 0.330 e. The molecule has 0 radical (unpaired) electrons.